The van der Waals surface area contributed by atoms with E-state index < -0.39 is 11.3 Å². The molecule has 1 atom stereocenters. The number of nitrogens with zero attached hydrogens (tertiary/aromatic N) is 4. The van der Waals surface area contributed by atoms with Gasteiger partial charge in [-0.3, -0.25) is 4.55 Å². The molecular weight excluding hydrogens is 434 g/mol. The first-order valence-corrected chi connectivity index (χ1v) is 12.1. The highest BCUT2D eigenvalue weighted by Gasteiger charge is 2.22. The van der Waals surface area contributed by atoms with E-state index in [9.17, 15) is 8.76 Å². The average Bonchev–Trinajstić information content (AvgIpc) is 3.43. The molecule has 1 saturated heterocycles. The summed E-state index contributed by atoms with van der Waals surface area (Å²) in [6.45, 7) is 5.63. The first-order valence-electron chi connectivity index (χ1n) is 10.2. The molecule has 1 unspecified atom stereocenters. The van der Waals surface area contributed by atoms with Gasteiger partial charge in [-0.2, -0.15) is 4.31 Å². The Morgan fingerprint density at radius 1 is 1.29 bits per heavy atom. The van der Waals surface area contributed by atoms with Gasteiger partial charge in [0.05, 0.1) is 23.4 Å². The zero-order valence-electron chi connectivity index (χ0n) is 17.1. The van der Waals surface area contributed by atoms with Crippen molar-refractivity contribution >= 4 is 49.5 Å². The van der Waals surface area contributed by atoms with E-state index in [0.717, 1.165) is 50.5 Å². The number of thiophene rings is 1. The maximum Gasteiger partial charge on any atom is 0.234 e. The van der Waals surface area contributed by atoms with Crippen LogP contribution in [0.4, 0.5) is 5.82 Å². The van der Waals surface area contributed by atoms with Crippen molar-refractivity contribution in [3.05, 3.63) is 41.4 Å². The lowest BCUT2D eigenvalue weighted by Gasteiger charge is -2.28. The minimum atomic E-state index is -2.01. The van der Waals surface area contributed by atoms with Gasteiger partial charge in [0.1, 0.15) is 0 Å². The molecule has 5 rings (SSSR count). The lowest BCUT2D eigenvalue weighted by atomic mass is 10.1. The molecule has 1 fully saturated rings. The van der Waals surface area contributed by atoms with Crippen LogP contribution in [0.3, 0.4) is 0 Å². The molecule has 3 aromatic heterocycles. The predicted molar refractivity (Wildman–Crippen MR) is 125 cm³/mol. The number of anilines is 1. The monoisotopic (exact) mass is 457 g/mol. The zero-order valence-corrected chi connectivity index (χ0v) is 18.7. The van der Waals surface area contributed by atoms with Gasteiger partial charge in [0.25, 0.3) is 0 Å². The second kappa shape index (κ2) is 8.64. The molecule has 0 amide bonds. The number of H-pyrrole nitrogens is 1. The number of ether oxygens (including phenoxy) is 1. The molecule has 1 aromatic carbocycles. The van der Waals surface area contributed by atoms with Crippen molar-refractivity contribution < 1.29 is 13.5 Å². The summed E-state index contributed by atoms with van der Waals surface area (Å²) in [7, 11) is 0. The van der Waals surface area contributed by atoms with E-state index in [2.05, 4.69) is 9.88 Å². The van der Waals surface area contributed by atoms with E-state index in [-0.39, 0.29) is 0 Å². The van der Waals surface area contributed by atoms with Crippen LogP contribution in [0.15, 0.2) is 36.5 Å². The highest BCUT2D eigenvalue weighted by Crippen LogP contribution is 2.36. The van der Waals surface area contributed by atoms with E-state index in [1.54, 1.807) is 11.3 Å². The predicted octanol–water partition coefficient (Wildman–Crippen LogP) is 3.63. The Labute approximate surface area is 186 Å². The number of benzene rings is 1. The van der Waals surface area contributed by atoms with Crippen molar-refractivity contribution in [2.45, 2.75) is 13.5 Å². The Bertz CT molecular complexity index is 1250. The smallest absolute Gasteiger partial charge is 0.234 e. The molecule has 1 aliphatic heterocycles. The lowest BCUT2D eigenvalue weighted by molar-refractivity contribution is 0.122. The Hall–Kier alpha value is -2.37. The van der Waals surface area contributed by atoms with Crippen molar-refractivity contribution in [1.82, 2.24) is 19.3 Å². The van der Waals surface area contributed by atoms with E-state index >= 15 is 0 Å². The summed E-state index contributed by atoms with van der Waals surface area (Å²) >= 11 is -0.420. The maximum atomic E-state index is 11.6. The van der Waals surface area contributed by atoms with Crippen LogP contribution in [0.2, 0.25) is 0 Å². The van der Waals surface area contributed by atoms with Crippen molar-refractivity contribution in [2.75, 3.05) is 37.7 Å². The van der Waals surface area contributed by atoms with Crippen LogP contribution < -0.4 is 4.90 Å². The molecule has 0 aliphatic carbocycles. The summed E-state index contributed by atoms with van der Waals surface area (Å²) < 4.78 is 29.2. The van der Waals surface area contributed by atoms with Gasteiger partial charge in [0.2, 0.25) is 11.3 Å². The number of morpholine rings is 1. The summed E-state index contributed by atoms with van der Waals surface area (Å²) in [5, 5.41) is 1.08. The molecular formula is C21H23N5O3S2. The highest BCUT2D eigenvalue weighted by atomic mass is 32.2. The summed E-state index contributed by atoms with van der Waals surface area (Å²) in [5.74, 6) is 1.59. The van der Waals surface area contributed by atoms with Crippen molar-refractivity contribution in [3.8, 4) is 11.4 Å². The largest absolute Gasteiger partial charge is 0.378 e. The summed E-state index contributed by atoms with van der Waals surface area (Å²) in [5.41, 5.74) is 2.89. The number of rotatable bonds is 6. The third-order valence-corrected chi connectivity index (χ3v) is 7.39. The number of fused-ring (bicyclic) bond motifs is 2. The molecule has 10 heteroatoms. The highest BCUT2D eigenvalue weighted by molar-refractivity contribution is 7.76. The molecule has 2 N–H and O–H groups in total. The topological polar surface area (TPSA) is 94.6 Å². The standard InChI is InChI=1S/C21H23N5O3S2/c1-2-26(31(27)28)13-14-12-18-19(30-14)21(25-8-10-29-11-9-25)24-20(23-18)16-4-3-5-17-15(16)6-7-22-17/h3-7,12,22H,2,8-11,13H2,1H3,(H,27,28). The van der Waals surface area contributed by atoms with E-state index in [1.807, 2.05) is 43.5 Å². The van der Waals surface area contributed by atoms with Crippen molar-refractivity contribution in [2.24, 2.45) is 0 Å². The summed E-state index contributed by atoms with van der Waals surface area (Å²) in [6, 6.07) is 10.1. The fourth-order valence-corrected chi connectivity index (χ4v) is 5.56. The Kier molecular flexibility index (Phi) is 5.72. The van der Waals surface area contributed by atoms with Crippen LogP contribution in [0, 0.1) is 0 Å². The van der Waals surface area contributed by atoms with Crippen LogP contribution in [-0.2, 0) is 22.5 Å². The fourth-order valence-electron chi connectivity index (χ4n) is 3.88. The third-order valence-electron chi connectivity index (χ3n) is 5.46. The Morgan fingerprint density at radius 3 is 2.90 bits per heavy atom. The third kappa shape index (κ3) is 3.97. The minimum Gasteiger partial charge on any atom is -0.378 e. The molecule has 4 heterocycles. The molecule has 0 spiro atoms. The van der Waals surface area contributed by atoms with Gasteiger partial charge in [-0.05, 0) is 18.2 Å². The lowest BCUT2D eigenvalue weighted by Crippen LogP contribution is -2.36. The summed E-state index contributed by atoms with van der Waals surface area (Å²) in [4.78, 5) is 16.4. The number of nitrogens with one attached hydrogen (secondary N) is 1. The normalized spacial score (nSPS) is 15.9. The molecule has 162 valence electrons. The van der Waals surface area contributed by atoms with Crippen LogP contribution in [0.1, 0.15) is 11.8 Å². The number of aromatic amines is 1. The quantitative estimate of drug-likeness (QED) is 0.430. The van der Waals surface area contributed by atoms with Gasteiger partial charge < -0.3 is 14.6 Å². The van der Waals surface area contributed by atoms with E-state index in [4.69, 9.17) is 14.7 Å². The average molecular weight is 458 g/mol. The molecule has 0 radical (unpaired) electrons. The fraction of sp³-hybridized carbons (Fsp3) is 0.333. The Morgan fingerprint density at radius 2 is 2.13 bits per heavy atom. The van der Waals surface area contributed by atoms with Gasteiger partial charge in [-0.15, -0.1) is 11.3 Å². The Balaban J connectivity index is 1.65. The van der Waals surface area contributed by atoms with Gasteiger partial charge in [0.15, 0.2) is 11.6 Å². The second-order valence-electron chi connectivity index (χ2n) is 7.33. The number of hydrogen-bond acceptors (Lipinski definition) is 6. The van der Waals surface area contributed by atoms with Crippen LogP contribution in [-0.4, -0.2) is 60.9 Å². The van der Waals surface area contributed by atoms with Crippen LogP contribution >= 0.6 is 11.3 Å². The van der Waals surface area contributed by atoms with E-state index in [1.165, 1.54) is 4.31 Å². The molecule has 8 nitrogen and oxygen atoms in total. The zero-order chi connectivity index (χ0) is 21.4. The van der Waals surface area contributed by atoms with Gasteiger partial charge in [-0.25, -0.2) is 14.2 Å². The summed E-state index contributed by atoms with van der Waals surface area (Å²) in [6.07, 6.45) is 1.92. The van der Waals surface area contributed by atoms with Crippen LogP contribution in [0.25, 0.3) is 32.5 Å². The van der Waals surface area contributed by atoms with Crippen molar-refractivity contribution in [1.29, 1.82) is 0 Å². The van der Waals surface area contributed by atoms with Gasteiger partial charge in [-0.1, -0.05) is 19.1 Å². The SMILES string of the molecule is CCN(Cc1cc2nc(-c3cccc4[nH]ccc34)nc(N3CCOCC3)c2s1)S(=O)O. The molecule has 1 aliphatic rings. The van der Waals surface area contributed by atoms with Crippen LogP contribution in [0.5, 0.6) is 0 Å². The van der Waals surface area contributed by atoms with Gasteiger partial charge in [0, 0.05) is 53.7 Å². The maximum absolute atomic E-state index is 11.6. The second-order valence-corrected chi connectivity index (χ2v) is 9.44. The molecule has 31 heavy (non-hydrogen) atoms. The number of aromatic nitrogens is 3. The molecule has 0 bridgehead atoms. The first-order chi connectivity index (χ1) is 15.1. The van der Waals surface area contributed by atoms with Gasteiger partial charge >= 0.3 is 0 Å². The number of hydrogen-bond donors (Lipinski definition) is 2. The first kappa shape index (κ1) is 20.5. The van der Waals surface area contributed by atoms with Crippen molar-refractivity contribution in [3.63, 3.8) is 0 Å². The molecule has 0 saturated carbocycles. The molecule has 4 aromatic rings. The van der Waals surface area contributed by atoms with E-state index in [0.29, 0.717) is 32.1 Å². The minimum absolute atomic E-state index is 0.395.